The van der Waals surface area contributed by atoms with Crippen LogP contribution in [0.1, 0.15) is 23.4 Å². The maximum atomic E-state index is 5.36. The number of rotatable bonds is 8. The molecule has 1 aromatic carbocycles. The summed E-state index contributed by atoms with van der Waals surface area (Å²) in [7, 11) is 1.69. The Hall–Kier alpha value is -2.60. The van der Waals surface area contributed by atoms with E-state index in [2.05, 4.69) is 39.3 Å². The van der Waals surface area contributed by atoms with Crippen molar-refractivity contribution >= 4 is 0 Å². The zero-order valence-corrected chi connectivity index (χ0v) is 15.1. The lowest BCUT2D eigenvalue weighted by Gasteiger charge is -2.13. The van der Waals surface area contributed by atoms with Gasteiger partial charge >= 0.3 is 0 Å². The Morgan fingerprint density at radius 1 is 1.20 bits per heavy atom. The number of nitrogens with one attached hydrogen (secondary N) is 1. The molecular weight excluding hydrogens is 314 g/mol. The molecule has 0 fully saturated rings. The monoisotopic (exact) mass is 339 g/mol. The van der Waals surface area contributed by atoms with E-state index in [1.165, 1.54) is 5.69 Å². The summed E-state index contributed by atoms with van der Waals surface area (Å²) in [5.74, 6) is 0.857. The van der Waals surface area contributed by atoms with Gasteiger partial charge in [-0.1, -0.05) is 0 Å². The van der Waals surface area contributed by atoms with E-state index in [0.29, 0.717) is 0 Å². The molecular formula is C19H25N5O. The summed E-state index contributed by atoms with van der Waals surface area (Å²) in [6, 6.07) is 10.1. The van der Waals surface area contributed by atoms with E-state index in [0.717, 1.165) is 48.7 Å². The van der Waals surface area contributed by atoms with E-state index < -0.39 is 0 Å². The molecule has 0 unspecified atom stereocenters. The minimum absolute atomic E-state index is 0.767. The molecule has 0 aliphatic heterocycles. The van der Waals surface area contributed by atoms with Crippen molar-refractivity contribution in [2.24, 2.45) is 0 Å². The summed E-state index contributed by atoms with van der Waals surface area (Å²) < 4.78 is 9.31. The molecule has 6 nitrogen and oxygen atoms in total. The average molecular weight is 339 g/mol. The fourth-order valence-corrected chi connectivity index (χ4v) is 2.94. The lowest BCUT2D eigenvalue weighted by molar-refractivity contribution is 0.414. The van der Waals surface area contributed by atoms with Gasteiger partial charge in [-0.25, -0.2) is 4.68 Å². The highest BCUT2D eigenvalue weighted by Gasteiger charge is 2.07. The van der Waals surface area contributed by atoms with Gasteiger partial charge in [0.2, 0.25) is 0 Å². The molecule has 0 spiro atoms. The van der Waals surface area contributed by atoms with Crippen LogP contribution in [0.3, 0.4) is 0 Å². The molecule has 0 bridgehead atoms. The van der Waals surface area contributed by atoms with Crippen LogP contribution in [0.4, 0.5) is 0 Å². The second-order valence-electron chi connectivity index (χ2n) is 6.13. The lowest BCUT2D eigenvalue weighted by Crippen LogP contribution is -2.18. The summed E-state index contributed by atoms with van der Waals surface area (Å²) >= 11 is 0. The van der Waals surface area contributed by atoms with Gasteiger partial charge in [0.1, 0.15) is 5.75 Å². The summed E-state index contributed by atoms with van der Waals surface area (Å²) in [6.07, 6.45) is 4.77. The minimum Gasteiger partial charge on any atom is -0.497 e. The Kier molecular flexibility index (Phi) is 5.50. The summed E-state index contributed by atoms with van der Waals surface area (Å²) in [4.78, 5) is 0. The van der Waals surface area contributed by atoms with Crippen LogP contribution in [0.2, 0.25) is 0 Å². The lowest BCUT2D eigenvalue weighted by atomic mass is 10.1. The number of hydrogen-bond donors (Lipinski definition) is 1. The fourth-order valence-electron chi connectivity index (χ4n) is 2.94. The topological polar surface area (TPSA) is 56.9 Å². The van der Waals surface area contributed by atoms with Gasteiger partial charge in [0.15, 0.2) is 0 Å². The molecule has 132 valence electrons. The van der Waals surface area contributed by atoms with Gasteiger partial charge in [-0.15, -0.1) is 0 Å². The first kappa shape index (κ1) is 17.2. The molecule has 3 rings (SSSR count). The van der Waals surface area contributed by atoms with Crippen molar-refractivity contribution in [1.29, 1.82) is 0 Å². The van der Waals surface area contributed by atoms with Crippen molar-refractivity contribution in [3.8, 4) is 11.4 Å². The highest BCUT2D eigenvalue weighted by Crippen LogP contribution is 2.20. The standard InChI is InChI=1S/C19H25N5O/c1-15-12-16(2)23(22-15)10-4-8-20-14-17-13-18(25-3)6-7-19(17)24-11-5-9-21-24/h5-7,9,11-13,20H,4,8,10,14H2,1-3H3. The zero-order valence-electron chi connectivity index (χ0n) is 15.1. The third-order valence-corrected chi connectivity index (χ3v) is 4.18. The van der Waals surface area contributed by atoms with Gasteiger partial charge < -0.3 is 10.1 Å². The van der Waals surface area contributed by atoms with Crippen LogP contribution in [0, 0.1) is 13.8 Å². The molecule has 3 aromatic rings. The molecule has 0 amide bonds. The summed E-state index contributed by atoms with van der Waals surface area (Å²) in [5, 5.41) is 12.3. The van der Waals surface area contributed by atoms with Crippen molar-refractivity contribution in [3.63, 3.8) is 0 Å². The van der Waals surface area contributed by atoms with Crippen LogP contribution >= 0.6 is 0 Å². The van der Waals surface area contributed by atoms with Crippen molar-refractivity contribution in [2.75, 3.05) is 13.7 Å². The van der Waals surface area contributed by atoms with Crippen molar-refractivity contribution in [3.05, 3.63) is 59.7 Å². The Bertz CT molecular complexity index is 807. The average Bonchev–Trinajstić information content (AvgIpc) is 3.24. The maximum Gasteiger partial charge on any atom is 0.119 e. The normalized spacial score (nSPS) is 11.0. The van der Waals surface area contributed by atoms with Crippen LogP contribution in [-0.2, 0) is 13.1 Å². The first-order valence-corrected chi connectivity index (χ1v) is 8.56. The second kappa shape index (κ2) is 7.98. The number of ether oxygens (including phenoxy) is 1. The maximum absolute atomic E-state index is 5.36. The molecule has 0 aliphatic rings. The zero-order chi connectivity index (χ0) is 17.6. The number of aromatic nitrogens is 4. The van der Waals surface area contributed by atoms with Gasteiger partial charge in [-0.2, -0.15) is 10.2 Å². The Morgan fingerprint density at radius 2 is 2.08 bits per heavy atom. The second-order valence-corrected chi connectivity index (χ2v) is 6.13. The van der Waals surface area contributed by atoms with Crippen LogP contribution in [0.15, 0.2) is 42.7 Å². The molecule has 1 N–H and O–H groups in total. The number of hydrogen-bond acceptors (Lipinski definition) is 4. The van der Waals surface area contributed by atoms with E-state index in [1.54, 1.807) is 13.3 Å². The molecule has 2 heterocycles. The van der Waals surface area contributed by atoms with E-state index in [1.807, 2.05) is 36.0 Å². The van der Waals surface area contributed by atoms with Crippen molar-refractivity contribution in [1.82, 2.24) is 24.9 Å². The quantitative estimate of drug-likeness (QED) is 0.641. The SMILES string of the molecule is COc1ccc(-n2cccn2)c(CNCCCn2nc(C)cc2C)c1. The highest BCUT2D eigenvalue weighted by molar-refractivity contribution is 5.45. The number of nitrogens with zero attached hydrogens (tertiary/aromatic N) is 4. The first-order chi connectivity index (χ1) is 12.2. The molecule has 2 aromatic heterocycles. The van der Waals surface area contributed by atoms with Crippen molar-refractivity contribution in [2.45, 2.75) is 33.4 Å². The number of aryl methyl sites for hydroxylation is 3. The van der Waals surface area contributed by atoms with Crippen molar-refractivity contribution < 1.29 is 4.74 Å². The van der Waals surface area contributed by atoms with Crippen LogP contribution in [0.5, 0.6) is 5.75 Å². The van der Waals surface area contributed by atoms with E-state index in [9.17, 15) is 0 Å². The number of benzene rings is 1. The smallest absolute Gasteiger partial charge is 0.119 e. The molecule has 0 saturated heterocycles. The Labute approximate surface area is 148 Å². The van der Waals surface area contributed by atoms with E-state index >= 15 is 0 Å². The predicted octanol–water partition coefficient (Wildman–Crippen LogP) is 2.87. The highest BCUT2D eigenvalue weighted by atomic mass is 16.5. The minimum atomic E-state index is 0.767. The molecule has 25 heavy (non-hydrogen) atoms. The molecule has 0 saturated carbocycles. The first-order valence-electron chi connectivity index (χ1n) is 8.56. The van der Waals surface area contributed by atoms with Gasteiger partial charge in [0, 0.05) is 31.2 Å². The van der Waals surface area contributed by atoms with Crippen LogP contribution in [0.25, 0.3) is 5.69 Å². The fraction of sp³-hybridized carbons (Fsp3) is 0.368. The van der Waals surface area contributed by atoms with E-state index in [4.69, 9.17) is 4.74 Å². The molecule has 6 heteroatoms. The van der Waals surface area contributed by atoms with Gasteiger partial charge in [0.05, 0.1) is 18.5 Å². The largest absolute Gasteiger partial charge is 0.497 e. The predicted molar refractivity (Wildman–Crippen MR) is 98.1 cm³/mol. The van der Waals surface area contributed by atoms with Crippen LogP contribution in [-0.4, -0.2) is 33.2 Å². The van der Waals surface area contributed by atoms with Gasteiger partial charge in [-0.05, 0) is 62.7 Å². The molecule has 0 aliphatic carbocycles. The van der Waals surface area contributed by atoms with E-state index in [-0.39, 0.29) is 0 Å². The third-order valence-electron chi connectivity index (χ3n) is 4.18. The molecule has 0 radical (unpaired) electrons. The summed E-state index contributed by atoms with van der Waals surface area (Å²) in [6.45, 7) is 6.75. The van der Waals surface area contributed by atoms with Crippen LogP contribution < -0.4 is 10.1 Å². The van der Waals surface area contributed by atoms with Gasteiger partial charge in [-0.3, -0.25) is 4.68 Å². The summed E-state index contributed by atoms with van der Waals surface area (Å²) in [5.41, 5.74) is 4.52. The Morgan fingerprint density at radius 3 is 2.76 bits per heavy atom. The molecule has 0 atom stereocenters. The Balaban J connectivity index is 1.58. The number of methoxy groups -OCH3 is 1. The van der Waals surface area contributed by atoms with Gasteiger partial charge in [0.25, 0.3) is 0 Å². The third kappa shape index (κ3) is 4.28.